The molecule has 0 spiro atoms. The molecule has 0 radical (unpaired) electrons. The summed E-state index contributed by atoms with van der Waals surface area (Å²) in [6.07, 6.45) is 3.31. The Morgan fingerprint density at radius 2 is 1.83 bits per heavy atom. The first-order valence-electron chi connectivity index (χ1n) is 9.44. The number of hydrogen-bond donors (Lipinski definition) is 1. The number of halogens is 1. The molecule has 29 heavy (non-hydrogen) atoms. The molecule has 5 heteroatoms. The van der Waals surface area contributed by atoms with Crippen molar-refractivity contribution < 1.29 is 4.42 Å². The maximum atomic E-state index is 13.1. The molecule has 146 valence electrons. The zero-order valence-electron chi connectivity index (χ0n) is 16.5. The lowest BCUT2D eigenvalue weighted by molar-refractivity contribution is 0.605. The number of anilines is 1. The lowest BCUT2D eigenvalue weighted by Gasteiger charge is -2.18. The molecule has 0 aliphatic rings. The minimum Gasteiger partial charge on any atom is -0.455 e. The second-order valence-electron chi connectivity index (χ2n) is 7.24. The van der Waals surface area contributed by atoms with E-state index in [1.165, 1.54) is 0 Å². The predicted octanol–water partition coefficient (Wildman–Crippen LogP) is 6.30. The molecule has 2 aromatic heterocycles. The molecule has 2 aromatic carbocycles. The lowest BCUT2D eigenvalue weighted by atomic mass is 9.99. The van der Waals surface area contributed by atoms with Gasteiger partial charge in [0, 0.05) is 22.9 Å². The highest BCUT2D eigenvalue weighted by Crippen LogP contribution is 2.32. The number of aromatic nitrogens is 1. The van der Waals surface area contributed by atoms with Crippen molar-refractivity contribution in [2.75, 3.05) is 5.32 Å². The van der Waals surface area contributed by atoms with E-state index in [0.717, 1.165) is 22.4 Å². The Kier molecular flexibility index (Phi) is 5.12. The van der Waals surface area contributed by atoms with Gasteiger partial charge in [0.1, 0.15) is 11.3 Å². The molecule has 0 bridgehead atoms. The van der Waals surface area contributed by atoms with E-state index in [4.69, 9.17) is 16.0 Å². The van der Waals surface area contributed by atoms with Crippen molar-refractivity contribution >= 4 is 28.3 Å². The third kappa shape index (κ3) is 3.76. The van der Waals surface area contributed by atoms with Gasteiger partial charge in [0.05, 0.1) is 28.3 Å². The largest absolute Gasteiger partial charge is 0.455 e. The number of benzene rings is 2. The first-order valence-corrected chi connectivity index (χ1v) is 9.82. The van der Waals surface area contributed by atoms with Crippen LogP contribution < -0.4 is 10.7 Å². The van der Waals surface area contributed by atoms with Crippen LogP contribution in [0.2, 0.25) is 5.02 Å². The van der Waals surface area contributed by atoms with Crippen molar-refractivity contribution in [2.45, 2.75) is 26.8 Å². The fourth-order valence-electron chi connectivity index (χ4n) is 3.57. The maximum absolute atomic E-state index is 13.1. The molecule has 4 rings (SSSR count). The smallest absolute Gasteiger partial charge is 0.196 e. The monoisotopic (exact) mass is 404 g/mol. The molecule has 0 unspecified atom stereocenters. The summed E-state index contributed by atoms with van der Waals surface area (Å²) in [7, 11) is 0. The van der Waals surface area contributed by atoms with Gasteiger partial charge in [-0.1, -0.05) is 48.0 Å². The highest BCUT2D eigenvalue weighted by molar-refractivity contribution is 6.30. The summed E-state index contributed by atoms with van der Waals surface area (Å²) in [4.78, 5) is 17.3. The number of nitrogens with one attached hydrogen (secondary N) is 1. The summed E-state index contributed by atoms with van der Waals surface area (Å²) in [5.74, 6) is 0.602. The number of rotatable bonds is 4. The van der Waals surface area contributed by atoms with E-state index < -0.39 is 0 Å². The molecule has 0 aliphatic carbocycles. The zero-order chi connectivity index (χ0) is 20.5. The molecule has 0 saturated heterocycles. The average molecular weight is 405 g/mol. The Morgan fingerprint density at radius 1 is 1.07 bits per heavy atom. The SMILES string of the molecule is Cc1cc([C@@H](C)Nc2cncc(Cl)c2)c2oc(-c3ccccc3)c(C)c(=O)c2c1. The Bertz CT molecular complexity index is 1250. The number of pyridine rings is 1. The van der Waals surface area contributed by atoms with E-state index in [0.29, 0.717) is 27.3 Å². The summed E-state index contributed by atoms with van der Waals surface area (Å²) in [5, 5.41) is 4.56. The van der Waals surface area contributed by atoms with E-state index in [1.807, 2.05) is 69.3 Å². The summed E-state index contributed by atoms with van der Waals surface area (Å²) in [6, 6.07) is 15.3. The minimum absolute atomic E-state index is 0.00771. The number of hydrogen-bond acceptors (Lipinski definition) is 4. The van der Waals surface area contributed by atoms with Crippen molar-refractivity contribution in [3.63, 3.8) is 0 Å². The van der Waals surface area contributed by atoms with Crippen LogP contribution in [-0.4, -0.2) is 4.98 Å². The number of fused-ring (bicyclic) bond motifs is 1. The average Bonchev–Trinajstić information content (AvgIpc) is 2.71. The molecule has 0 fully saturated rings. The van der Waals surface area contributed by atoms with Crippen LogP contribution >= 0.6 is 11.6 Å². The summed E-state index contributed by atoms with van der Waals surface area (Å²) in [5.41, 5.74) is 4.80. The fourth-order valence-corrected chi connectivity index (χ4v) is 3.75. The van der Waals surface area contributed by atoms with Crippen LogP contribution in [0, 0.1) is 13.8 Å². The van der Waals surface area contributed by atoms with Crippen molar-refractivity contribution in [1.82, 2.24) is 4.98 Å². The Hall–Kier alpha value is -3.11. The van der Waals surface area contributed by atoms with Gasteiger partial charge in [0.25, 0.3) is 0 Å². The van der Waals surface area contributed by atoms with Crippen molar-refractivity contribution in [2.24, 2.45) is 0 Å². The molecular formula is C24H21ClN2O2. The van der Waals surface area contributed by atoms with Gasteiger partial charge in [-0.25, -0.2) is 0 Å². The standard InChI is InChI=1S/C24H21ClN2O2/c1-14-9-20(16(3)27-19-11-18(25)12-26-13-19)24-21(10-14)22(28)15(2)23(29-24)17-7-5-4-6-8-17/h4-13,16,27H,1-3H3/t16-/m1/s1. The molecule has 0 amide bonds. The van der Waals surface area contributed by atoms with Gasteiger partial charge in [-0.05, 0) is 38.5 Å². The zero-order valence-corrected chi connectivity index (χ0v) is 17.2. The third-order valence-electron chi connectivity index (χ3n) is 4.98. The highest BCUT2D eigenvalue weighted by Gasteiger charge is 2.19. The minimum atomic E-state index is -0.118. The van der Waals surface area contributed by atoms with Gasteiger partial charge >= 0.3 is 0 Å². The highest BCUT2D eigenvalue weighted by atomic mass is 35.5. The second-order valence-corrected chi connectivity index (χ2v) is 7.68. The van der Waals surface area contributed by atoms with Crippen LogP contribution in [0.25, 0.3) is 22.3 Å². The first-order chi connectivity index (χ1) is 13.9. The Labute approximate surface area is 174 Å². The molecule has 1 N–H and O–H groups in total. The molecule has 0 saturated carbocycles. The van der Waals surface area contributed by atoms with Gasteiger partial charge < -0.3 is 9.73 Å². The molecule has 2 heterocycles. The Morgan fingerprint density at radius 3 is 2.55 bits per heavy atom. The van der Waals surface area contributed by atoms with Gasteiger partial charge in [-0.3, -0.25) is 9.78 Å². The normalized spacial score (nSPS) is 12.1. The third-order valence-corrected chi connectivity index (χ3v) is 5.19. The number of nitrogens with zero attached hydrogens (tertiary/aromatic N) is 1. The van der Waals surface area contributed by atoms with Crippen LogP contribution in [0.1, 0.15) is 29.7 Å². The summed E-state index contributed by atoms with van der Waals surface area (Å²) >= 11 is 6.06. The van der Waals surface area contributed by atoms with E-state index >= 15 is 0 Å². The van der Waals surface area contributed by atoms with Crippen LogP contribution in [0.3, 0.4) is 0 Å². The van der Waals surface area contributed by atoms with E-state index in [1.54, 1.807) is 12.4 Å². The summed E-state index contributed by atoms with van der Waals surface area (Å²) < 4.78 is 6.35. The maximum Gasteiger partial charge on any atom is 0.196 e. The van der Waals surface area contributed by atoms with Crippen LogP contribution in [0.5, 0.6) is 0 Å². The van der Waals surface area contributed by atoms with Gasteiger partial charge in [-0.2, -0.15) is 0 Å². The first kappa shape index (κ1) is 19.2. The second kappa shape index (κ2) is 7.72. The van der Waals surface area contributed by atoms with E-state index in [-0.39, 0.29) is 11.5 Å². The molecule has 1 atom stereocenters. The van der Waals surface area contributed by atoms with Gasteiger partial charge in [0.2, 0.25) is 0 Å². The van der Waals surface area contributed by atoms with Crippen LogP contribution in [0.15, 0.2) is 70.1 Å². The lowest BCUT2D eigenvalue weighted by Crippen LogP contribution is -2.12. The fraction of sp³-hybridized carbons (Fsp3) is 0.167. The topological polar surface area (TPSA) is 55.1 Å². The molecule has 4 nitrogen and oxygen atoms in total. The predicted molar refractivity (Wildman–Crippen MR) is 119 cm³/mol. The van der Waals surface area contributed by atoms with E-state index in [9.17, 15) is 4.79 Å². The van der Waals surface area contributed by atoms with E-state index in [2.05, 4.69) is 10.3 Å². The van der Waals surface area contributed by atoms with Crippen molar-refractivity contribution in [3.05, 3.63) is 92.9 Å². The molecule has 4 aromatic rings. The number of aryl methyl sites for hydroxylation is 1. The molecule has 0 aliphatic heterocycles. The van der Waals surface area contributed by atoms with Crippen molar-refractivity contribution in [1.29, 1.82) is 0 Å². The summed E-state index contributed by atoms with van der Waals surface area (Å²) in [6.45, 7) is 5.82. The Balaban J connectivity index is 1.89. The van der Waals surface area contributed by atoms with Gasteiger partial charge in [-0.15, -0.1) is 0 Å². The quantitative estimate of drug-likeness (QED) is 0.433. The van der Waals surface area contributed by atoms with Crippen molar-refractivity contribution in [3.8, 4) is 11.3 Å². The van der Waals surface area contributed by atoms with Gasteiger partial charge in [0.15, 0.2) is 5.43 Å². The van der Waals surface area contributed by atoms with Crippen LogP contribution in [0.4, 0.5) is 5.69 Å². The van der Waals surface area contributed by atoms with Crippen LogP contribution in [-0.2, 0) is 0 Å². The molecular weight excluding hydrogens is 384 g/mol.